The van der Waals surface area contributed by atoms with Gasteiger partial charge < -0.3 is 19.1 Å². The molecule has 0 aliphatic carbocycles. The van der Waals surface area contributed by atoms with Crippen molar-refractivity contribution in [2.24, 2.45) is 0 Å². The van der Waals surface area contributed by atoms with Gasteiger partial charge in [0.1, 0.15) is 5.75 Å². The van der Waals surface area contributed by atoms with Crippen molar-refractivity contribution in [1.29, 1.82) is 0 Å². The average molecular weight is 550 g/mol. The summed E-state index contributed by atoms with van der Waals surface area (Å²) in [6.45, 7) is 11.2. The third-order valence-corrected chi connectivity index (χ3v) is 7.85. The Morgan fingerprint density at radius 3 is 2.42 bits per heavy atom. The van der Waals surface area contributed by atoms with Gasteiger partial charge in [-0.05, 0) is 61.7 Å². The van der Waals surface area contributed by atoms with Gasteiger partial charge in [-0.1, -0.05) is 38.8 Å². The first-order valence-corrected chi connectivity index (χ1v) is 14.4. The lowest BCUT2D eigenvalue weighted by atomic mass is 9.98. The molecule has 1 aliphatic rings. The largest absolute Gasteiger partial charge is 0.496 e. The van der Waals surface area contributed by atoms with Crippen LogP contribution in [0, 0.1) is 6.92 Å². The maximum atomic E-state index is 12.9. The predicted octanol–water partition coefficient (Wildman–Crippen LogP) is 6.19. The van der Waals surface area contributed by atoms with Crippen molar-refractivity contribution < 1.29 is 23.8 Å². The number of aromatic nitrogens is 1. The monoisotopic (exact) mass is 549 g/mol. The molecular weight excluding hydrogens is 506 g/mol. The van der Waals surface area contributed by atoms with Crippen LogP contribution in [0.4, 0.5) is 4.79 Å². The summed E-state index contributed by atoms with van der Waals surface area (Å²) in [6, 6.07) is 11.9. The molecule has 0 saturated carbocycles. The minimum Gasteiger partial charge on any atom is -0.496 e. The Labute approximate surface area is 237 Å². The quantitative estimate of drug-likeness (QED) is 0.209. The highest BCUT2D eigenvalue weighted by Gasteiger charge is 2.30. The number of aryl methyl sites for hydroxylation is 1. The van der Waals surface area contributed by atoms with E-state index in [9.17, 15) is 9.59 Å². The molecule has 1 saturated heterocycles. The van der Waals surface area contributed by atoms with Gasteiger partial charge in [-0.3, -0.25) is 9.47 Å². The number of piperazine rings is 1. The van der Waals surface area contributed by atoms with Crippen molar-refractivity contribution in [2.45, 2.75) is 59.0 Å². The Kier molecular flexibility index (Phi) is 10.2. The van der Waals surface area contributed by atoms with Crippen molar-refractivity contribution in [3.8, 4) is 5.75 Å². The molecule has 40 heavy (non-hydrogen) atoms. The third kappa shape index (κ3) is 6.50. The van der Waals surface area contributed by atoms with Gasteiger partial charge in [-0.15, -0.1) is 0 Å². The summed E-state index contributed by atoms with van der Waals surface area (Å²) in [6.07, 6.45) is 5.60. The molecular formula is C32H43N3O5. The van der Waals surface area contributed by atoms with Crippen LogP contribution in [0.1, 0.15) is 72.6 Å². The molecule has 1 fully saturated rings. The van der Waals surface area contributed by atoms with Gasteiger partial charge in [0.25, 0.3) is 0 Å². The van der Waals surface area contributed by atoms with Crippen LogP contribution in [0.15, 0.2) is 42.6 Å². The van der Waals surface area contributed by atoms with Gasteiger partial charge in [0, 0.05) is 49.4 Å². The molecule has 8 nitrogen and oxygen atoms in total. The normalized spacial score (nSPS) is 16.3. The van der Waals surface area contributed by atoms with E-state index in [1.165, 1.54) is 13.5 Å². The lowest BCUT2D eigenvalue weighted by Gasteiger charge is -2.42. The Morgan fingerprint density at radius 2 is 1.75 bits per heavy atom. The van der Waals surface area contributed by atoms with Gasteiger partial charge in [0.15, 0.2) is 0 Å². The van der Waals surface area contributed by atoms with Gasteiger partial charge in [0.2, 0.25) is 0 Å². The molecule has 1 aromatic heterocycles. The first-order chi connectivity index (χ1) is 19.4. The molecule has 3 aromatic rings. The van der Waals surface area contributed by atoms with Crippen LogP contribution in [0.5, 0.6) is 5.75 Å². The molecule has 2 aromatic carbocycles. The van der Waals surface area contributed by atoms with Crippen LogP contribution in [-0.4, -0.2) is 73.4 Å². The van der Waals surface area contributed by atoms with E-state index < -0.39 is 0 Å². The first kappa shape index (κ1) is 29.6. The van der Waals surface area contributed by atoms with E-state index in [1.807, 2.05) is 43.3 Å². The Morgan fingerprint density at radius 1 is 1.00 bits per heavy atom. The first-order valence-electron chi connectivity index (χ1n) is 14.4. The lowest BCUT2D eigenvalue weighted by Crippen LogP contribution is -2.48. The number of ether oxygens (including phenoxy) is 3. The summed E-state index contributed by atoms with van der Waals surface area (Å²) in [4.78, 5) is 30.0. The highest BCUT2D eigenvalue weighted by molar-refractivity contribution is 5.95. The van der Waals surface area contributed by atoms with E-state index in [0.717, 1.165) is 78.8 Å². The lowest BCUT2D eigenvalue weighted by molar-refractivity contribution is 0.0599. The molecule has 2 heterocycles. The van der Waals surface area contributed by atoms with Crippen LogP contribution >= 0.6 is 0 Å². The standard InChI is InChI=1S/C32H43N3O5/c1-6-8-15-33-17-18-34(28(22-33)24-10-12-25(13-11-24)31(36)39-5)21-27-26-14-16-35(32(37)40-19-9-7-2)30(26)23(3)20-29(27)38-4/h10-14,16,20,28H,6-9,15,17-19,21-22H2,1-5H3. The summed E-state index contributed by atoms with van der Waals surface area (Å²) in [7, 11) is 3.10. The fraction of sp³-hybridized carbons (Fsp3) is 0.500. The SMILES string of the molecule is CCCCOC(=O)n1ccc2c(CN3CCN(CCCC)CC3c3ccc(C(=O)OC)cc3)c(OC)cc(C)c21. The number of benzene rings is 2. The molecule has 1 aliphatic heterocycles. The molecule has 8 heteroatoms. The van der Waals surface area contributed by atoms with Gasteiger partial charge in [-0.2, -0.15) is 0 Å². The number of hydrogen-bond acceptors (Lipinski definition) is 7. The van der Waals surface area contributed by atoms with Crippen molar-refractivity contribution in [1.82, 2.24) is 14.4 Å². The number of rotatable bonds is 11. The minimum atomic E-state index is -0.351. The van der Waals surface area contributed by atoms with E-state index in [0.29, 0.717) is 18.7 Å². The zero-order valence-corrected chi connectivity index (χ0v) is 24.6. The maximum Gasteiger partial charge on any atom is 0.418 e. The summed E-state index contributed by atoms with van der Waals surface area (Å²) >= 11 is 0. The van der Waals surface area contributed by atoms with Crippen LogP contribution in [0.3, 0.4) is 0 Å². The van der Waals surface area contributed by atoms with Crippen molar-refractivity contribution in [2.75, 3.05) is 47.0 Å². The third-order valence-electron chi connectivity index (χ3n) is 7.85. The van der Waals surface area contributed by atoms with Crippen molar-refractivity contribution in [3.63, 3.8) is 0 Å². The van der Waals surface area contributed by atoms with Crippen molar-refractivity contribution in [3.05, 3.63) is 64.8 Å². The van der Waals surface area contributed by atoms with E-state index >= 15 is 0 Å². The van der Waals surface area contributed by atoms with Gasteiger partial charge >= 0.3 is 12.1 Å². The number of methoxy groups -OCH3 is 2. The smallest absolute Gasteiger partial charge is 0.418 e. The van der Waals surface area contributed by atoms with E-state index in [-0.39, 0.29) is 18.1 Å². The van der Waals surface area contributed by atoms with Gasteiger partial charge in [-0.25, -0.2) is 9.59 Å². The van der Waals surface area contributed by atoms with Crippen molar-refractivity contribution >= 4 is 23.0 Å². The summed E-state index contributed by atoms with van der Waals surface area (Å²) in [5, 5.41) is 0.998. The van der Waals surface area contributed by atoms with E-state index in [2.05, 4.69) is 23.6 Å². The Balaban J connectivity index is 1.68. The van der Waals surface area contributed by atoms with Crippen LogP contribution in [-0.2, 0) is 16.0 Å². The van der Waals surface area contributed by atoms with E-state index in [4.69, 9.17) is 14.2 Å². The Hall–Kier alpha value is -3.36. The van der Waals surface area contributed by atoms with E-state index in [1.54, 1.807) is 17.9 Å². The number of fused-ring (bicyclic) bond motifs is 1. The molecule has 0 bridgehead atoms. The summed E-state index contributed by atoms with van der Waals surface area (Å²) in [5.74, 6) is 0.483. The fourth-order valence-corrected chi connectivity index (χ4v) is 5.56. The molecule has 216 valence electrons. The number of carbonyl (C=O) groups is 2. The molecule has 1 unspecified atom stereocenters. The second kappa shape index (κ2) is 13.8. The number of unbranched alkanes of at least 4 members (excludes halogenated alkanes) is 2. The average Bonchev–Trinajstić information content (AvgIpc) is 3.44. The number of hydrogen-bond donors (Lipinski definition) is 0. The summed E-state index contributed by atoms with van der Waals surface area (Å²) < 4.78 is 17.9. The molecule has 0 spiro atoms. The number of nitrogens with zero attached hydrogens (tertiary/aromatic N) is 3. The number of esters is 1. The zero-order chi connectivity index (χ0) is 28.6. The van der Waals surface area contributed by atoms with Gasteiger partial charge in [0.05, 0.1) is 31.9 Å². The maximum absolute atomic E-state index is 12.9. The second-order valence-electron chi connectivity index (χ2n) is 10.5. The fourth-order valence-electron chi connectivity index (χ4n) is 5.56. The topological polar surface area (TPSA) is 73.2 Å². The number of carbonyl (C=O) groups excluding carboxylic acids is 2. The molecule has 0 N–H and O–H groups in total. The molecule has 0 amide bonds. The van der Waals surface area contributed by atoms with Crippen LogP contribution in [0.25, 0.3) is 10.9 Å². The molecule has 1 atom stereocenters. The highest BCUT2D eigenvalue weighted by atomic mass is 16.5. The van der Waals surface area contributed by atoms with Crippen LogP contribution < -0.4 is 4.74 Å². The minimum absolute atomic E-state index is 0.138. The molecule has 4 rings (SSSR count). The molecule has 0 radical (unpaired) electrons. The second-order valence-corrected chi connectivity index (χ2v) is 10.5. The predicted molar refractivity (Wildman–Crippen MR) is 157 cm³/mol. The van der Waals surface area contributed by atoms with Crippen LogP contribution in [0.2, 0.25) is 0 Å². The Bertz CT molecular complexity index is 1300. The zero-order valence-electron chi connectivity index (χ0n) is 24.6. The highest BCUT2D eigenvalue weighted by Crippen LogP contribution is 2.36. The summed E-state index contributed by atoms with van der Waals surface area (Å²) in [5.41, 5.74) is 4.59.